The summed E-state index contributed by atoms with van der Waals surface area (Å²) < 4.78 is 5.00. The third-order valence-corrected chi connectivity index (χ3v) is 1.61. The average molecular weight is 214 g/mol. The van der Waals surface area contributed by atoms with Crippen molar-refractivity contribution in [1.82, 2.24) is 9.97 Å². The first-order valence-electron chi connectivity index (χ1n) is 4.08. The maximum Gasteiger partial charge on any atom is 0.226 e. The molecular formula is C9H12ClN3O. The van der Waals surface area contributed by atoms with Crippen molar-refractivity contribution in [2.45, 2.75) is 6.92 Å². The van der Waals surface area contributed by atoms with Gasteiger partial charge in [-0.05, 0) is 6.92 Å². The largest absolute Gasteiger partial charge is 0.481 e. The number of methoxy groups -OCH3 is 1. The number of hydrogen-bond donors (Lipinski definition) is 1. The second-order valence-corrected chi connectivity index (χ2v) is 3.28. The summed E-state index contributed by atoms with van der Waals surface area (Å²) in [6, 6.07) is 1.75. The van der Waals surface area contributed by atoms with Crippen molar-refractivity contribution >= 4 is 17.5 Å². The zero-order chi connectivity index (χ0) is 10.6. The molecule has 1 heterocycles. The standard InChI is InChI=1S/C9H12ClN3O/c1-6(10)5-11-9-12-7(2)4-8(13-9)14-3/h4H,1,5H2,2-3H3,(H,11,12,13). The first-order chi connectivity index (χ1) is 6.61. The zero-order valence-electron chi connectivity index (χ0n) is 8.17. The van der Waals surface area contributed by atoms with E-state index in [-0.39, 0.29) is 0 Å². The lowest BCUT2D eigenvalue weighted by Crippen LogP contribution is -2.06. The van der Waals surface area contributed by atoms with Crippen molar-refractivity contribution in [3.63, 3.8) is 0 Å². The highest BCUT2D eigenvalue weighted by Crippen LogP contribution is 2.11. The second-order valence-electron chi connectivity index (χ2n) is 2.75. The van der Waals surface area contributed by atoms with Crippen LogP contribution in [0.2, 0.25) is 0 Å². The Balaban J connectivity index is 2.76. The third kappa shape index (κ3) is 3.22. The lowest BCUT2D eigenvalue weighted by atomic mass is 10.4. The summed E-state index contributed by atoms with van der Waals surface area (Å²) in [5, 5.41) is 3.43. The molecule has 0 spiro atoms. The van der Waals surface area contributed by atoms with Gasteiger partial charge in [-0.2, -0.15) is 4.98 Å². The number of hydrogen-bond acceptors (Lipinski definition) is 4. The lowest BCUT2D eigenvalue weighted by molar-refractivity contribution is 0.397. The number of rotatable bonds is 4. The number of halogens is 1. The summed E-state index contributed by atoms with van der Waals surface area (Å²) in [4.78, 5) is 8.23. The van der Waals surface area contributed by atoms with Gasteiger partial charge < -0.3 is 10.1 Å². The van der Waals surface area contributed by atoms with Crippen LogP contribution in [0, 0.1) is 6.92 Å². The van der Waals surface area contributed by atoms with Gasteiger partial charge in [0.2, 0.25) is 11.8 Å². The van der Waals surface area contributed by atoms with Crippen LogP contribution in [-0.2, 0) is 0 Å². The molecule has 0 aliphatic heterocycles. The van der Waals surface area contributed by atoms with Crippen molar-refractivity contribution in [2.24, 2.45) is 0 Å². The maximum atomic E-state index is 5.60. The summed E-state index contributed by atoms with van der Waals surface area (Å²) in [7, 11) is 1.56. The summed E-state index contributed by atoms with van der Waals surface area (Å²) in [6.45, 7) is 5.86. The van der Waals surface area contributed by atoms with Crippen LogP contribution < -0.4 is 10.1 Å². The molecule has 0 aromatic carbocycles. The van der Waals surface area contributed by atoms with Crippen LogP contribution in [0.3, 0.4) is 0 Å². The van der Waals surface area contributed by atoms with E-state index in [2.05, 4.69) is 21.9 Å². The van der Waals surface area contributed by atoms with Gasteiger partial charge in [0.15, 0.2) is 0 Å². The molecule has 0 saturated carbocycles. The normalized spacial score (nSPS) is 9.64. The molecule has 0 bridgehead atoms. The highest BCUT2D eigenvalue weighted by Gasteiger charge is 2.01. The van der Waals surface area contributed by atoms with E-state index in [4.69, 9.17) is 16.3 Å². The van der Waals surface area contributed by atoms with Crippen LogP contribution in [0.5, 0.6) is 5.88 Å². The Labute approximate surface area is 88.0 Å². The highest BCUT2D eigenvalue weighted by atomic mass is 35.5. The second kappa shape index (κ2) is 4.81. The highest BCUT2D eigenvalue weighted by molar-refractivity contribution is 6.29. The molecule has 0 amide bonds. The molecule has 0 aliphatic rings. The van der Waals surface area contributed by atoms with Crippen molar-refractivity contribution in [1.29, 1.82) is 0 Å². The van der Waals surface area contributed by atoms with Gasteiger partial charge in [0.05, 0.1) is 13.7 Å². The molecule has 5 heteroatoms. The molecule has 0 atom stereocenters. The number of nitrogens with zero attached hydrogens (tertiary/aromatic N) is 2. The number of nitrogens with one attached hydrogen (secondary N) is 1. The Morgan fingerprint density at radius 3 is 2.93 bits per heavy atom. The zero-order valence-corrected chi connectivity index (χ0v) is 8.93. The molecule has 4 nitrogen and oxygen atoms in total. The predicted octanol–water partition coefficient (Wildman–Crippen LogP) is 1.96. The third-order valence-electron chi connectivity index (χ3n) is 1.48. The molecule has 1 aromatic rings. The molecule has 0 unspecified atom stereocenters. The van der Waals surface area contributed by atoms with Gasteiger partial charge in [0.25, 0.3) is 0 Å². The molecule has 0 radical (unpaired) electrons. The van der Waals surface area contributed by atoms with E-state index in [0.717, 1.165) is 5.69 Å². The van der Waals surface area contributed by atoms with Gasteiger partial charge in [-0.1, -0.05) is 18.2 Å². The minimum absolute atomic E-state index is 0.439. The fourth-order valence-electron chi connectivity index (χ4n) is 0.898. The van der Waals surface area contributed by atoms with Crippen LogP contribution in [0.15, 0.2) is 17.7 Å². The van der Waals surface area contributed by atoms with E-state index in [1.807, 2.05) is 6.92 Å². The van der Waals surface area contributed by atoms with Crippen LogP contribution in [-0.4, -0.2) is 23.6 Å². The molecule has 0 aliphatic carbocycles. The summed E-state index contributed by atoms with van der Waals surface area (Å²) in [5.41, 5.74) is 0.833. The molecule has 14 heavy (non-hydrogen) atoms. The lowest BCUT2D eigenvalue weighted by Gasteiger charge is -2.06. The Hall–Kier alpha value is -1.29. The van der Waals surface area contributed by atoms with Gasteiger partial charge in [-0.15, -0.1) is 0 Å². The van der Waals surface area contributed by atoms with E-state index >= 15 is 0 Å². The Kier molecular flexibility index (Phi) is 3.71. The fraction of sp³-hybridized carbons (Fsp3) is 0.333. The summed E-state index contributed by atoms with van der Waals surface area (Å²) in [5.74, 6) is 1.02. The van der Waals surface area contributed by atoms with E-state index in [9.17, 15) is 0 Å². The molecule has 0 fully saturated rings. The van der Waals surface area contributed by atoms with E-state index < -0.39 is 0 Å². The smallest absolute Gasteiger partial charge is 0.226 e. The molecular weight excluding hydrogens is 202 g/mol. The van der Waals surface area contributed by atoms with Gasteiger partial charge in [0, 0.05) is 16.8 Å². The van der Waals surface area contributed by atoms with Crippen molar-refractivity contribution in [2.75, 3.05) is 19.0 Å². The summed E-state index contributed by atoms with van der Waals surface area (Å²) in [6.07, 6.45) is 0. The van der Waals surface area contributed by atoms with Crippen molar-refractivity contribution < 1.29 is 4.74 Å². The van der Waals surface area contributed by atoms with Gasteiger partial charge in [-0.3, -0.25) is 0 Å². The quantitative estimate of drug-likeness (QED) is 0.831. The number of aromatic nitrogens is 2. The van der Waals surface area contributed by atoms with E-state index in [1.54, 1.807) is 13.2 Å². The Morgan fingerprint density at radius 2 is 2.36 bits per heavy atom. The fourth-order valence-corrected chi connectivity index (χ4v) is 0.965. The van der Waals surface area contributed by atoms with E-state index in [0.29, 0.717) is 23.4 Å². The average Bonchev–Trinajstić information content (AvgIpc) is 2.14. The molecule has 1 N–H and O–H groups in total. The number of ether oxygens (including phenoxy) is 1. The first kappa shape index (κ1) is 10.8. The van der Waals surface area contributed by atoms with Gasteiger partial charge in [-0.25, -0.2) is 4.98 Å². The monoisotopic (exact) mass is 213 g/mol. The van der Waals surface area contributed by atoms with Crippen LogP contribution in [0.25, 0.3) is 0 Å². The molecule has 76 valence electrons. The van der Waals surface area contributed by atoms with E-state index in [1.165, 1.54) is 0 Å². The number of aryl methyl sites for hydroxylation is 1. The SMILES string of the molecule is C=C(Cl)CNc1nc(C)cc(OC)n1. The van der Waals surface area contributed by atoms with Crippen LogP contribution in [0.4, 0.5) is 5.95 Å². The topological polar surface area (TPSA) is 47.0 Å². The van der Waals surface area contributed by atoms with Gasteiger partial charge in [0.1, 0.15) is 0 Å². The molecule has 1 aromatic heterocycles. The van der Waals surface area contributed by atoms with Crippen molar-refractivity contribution in [3.8, 4) is 5.88 Å². The van der Waals surface area contributed by atoms with Crippen LogP contribution in [0.1, 0.15) is 5.69 Å². The minimum Gasteiger partial charge on any atom is -0.481 e. The first-order valence-corrected chi connectivity index (χ1v) is 4.46. The Morgan fingerprint density at radius 1 is 1.64 bits per heavy atom. The Bertz CT molecular complexity index is 341. The number of anilines is 1. The summed E-state index contributed by atoms with van der Waals surface area (Å²) >= 11 is 5.60. The minimum atomic E-state index is 0.439. The van der Waals surface area contributed by atoms with Crippen LogP contribution >= 0.6 is 11.6 Å². The predicted molar refractivity (Wildman–Crippen MR) is 56.8 cm³/mol. The maximum absolute atomic E-state index is 5.60. The van der Waals surface area contributed by atoms with Gasteiger partial charge >= 0.3 is 0 Å². The van der Waals surface area contributed by atoms with Crippen molar-refractivity contribution in [3.05, 3.63) is 23.4 Å². The molecule has 0 saturated heterocycles. The molecule has 1 rings (SSSR count).